The van der Waals surface area contributed by atoms with Gasteiger partial charge in [0, 0.05) is 12.6 Å². The molecule has 1 amide bonds. The van der Waals surface area contributed by atoms with Crippen molar-refractivity contribution in [2.75, 3.05) is 25.7 Å². The maximum Gasteiger partial charge on any atom is 0.263 e. The third-order valence-corrected chi connectivity index (χ3v) is 7.34. The molecule has 1 aliphatic heterocycles. The fraction of sp³-hybridized carbons (Fsp3) is 0.458. The molecule has 1 fully saturated rings. The molecule has 1 aliphatic rings. The van der Waals surface area contributed by atoms with Gasteiger partial charge in [-0.2, -0.15) is 0 Å². The highest BCUT2D eigenvalue weighted by Gasteiger charge is 2.36. The number of carbonyl (C=O) groups excluding carboxylic acids is 1. The zero-order valence-corrected chi connectivity index (χ0v) is 20.1. The maximum absolute atomic E-state index is 13.4. The Labute approximate surface area is 190 Å². The number of methoxy groups -OCH3 is 2. The largest absolute Gasteiger partial charge is 0.493 e. The lowest BCUT2D eigenvalue weighted by atomic mass is 10.1. The van der Waals surface area contributed by atoms with Crippen LogP contribution in [0.5, 0.6) is 17.2 Å². The van der Waals surface area contributed by atoms with Crippen LogP contribution in [0, 0.1) is 13.8 Å². The minimum absolute atomic E-state index is 0.0394. The summed E-state index contributed by atoms with van der Waals surface area (Å²) in [6, 6.07) is 10.8. The van der Waals surface area contributed by atoms with E-state index in [1.165, 1.54) is 0 Å². The second-order valence-electron chi connectivity index (χ2n) is 8.30. The monoisotopic (exact) mass is 461 g/mol. The predicted molar refractivity (Wildman–Crippen MR) is 123 cm³/mol. The molecule has 0 aliphatic carbocycles. The maximum atomic E-state index is 13.4. The first-order valence-electron chi connectivity index (χ1n) is 10.6. The smallest absolute Gasteiger partial charge is 0.263 e. The van der Waals surface area contributed by atoms with Crippen molar-refractivity contribution in [3.05, 3.63) is 53.1 Å². The molecule has 0 N–H and O–H groups in total. The lowest BCUT2D eigenvalue weighted by Gasteiger charge is -2.31. The molecule has 0 bridgehead atoms. The van der Waals surface area contributed by atoms with Gasteiger partial charge in [0.05, 0.1) is 25.7 Å². The van der Waals surface area contributed by atoms with Crippen LogP contribution < -0.4 is 14.2 Å². The van der Waals surface area contributed by atoms with Crippen molar-refractivity contribution in [2.45, 2.75) is 45.9 Å². The lowest BCUT2D eigenvalue weighted by molar-refractivity contribution is -0.140. The van der Waals surface area contributed by atoms with Crippen molar-refractivity contribution in [2.24, 2.45) is 0 Å². The molecule has 1 saturated heterocycles. The van der Waals surface area contributed by atoms with Crippen molar-refractivity contribution >= 4 is 15.7 Å². The first-order chi connectivity index (χ1) is 15.1. The van der Waals surface area contributed by atoms with Gasteiger partial charge >= 0.3 is 0 Å². The standard InChI is InChI=1S/C24H31NO6S/c1-16-10-17(2)12-21(11-16)31-18(3)24(26)25(20-8-9-32(27,28)15-20)14-19-6-7-22(29-4)23(13-19)30-5/h6-7,10-13,18,20H,8-9,14-15H2,1-5H3. The van der Waals surface area contributed by atoms with Crippen molar-refractivity contribution in [3.63, 3.8) is 0 Å². The Morgan fingerprint density at radius 2 is 1.72 bits per heavy atom. The van der Waals surface area contributed by atoms with Crippen LogP contribution in [0.3, 0.4) is 0 Å². The van der Waals surface area contributed by atoms with E-state index in [1.807, 2.05) is 38.1 Å². The Bertz CT molecular complexity index is 1060. The zero-order chi connectivity index (χ0) is 23.5. The number of rotatable bonds is 8. The fourth-order valence-corrected chi connectivity index (χ4v) is 5.80. The summed E-state index contributed by atoms with van der Waals surface area (Å²) in [4.78, 5) is 15.1. The van der Waals surface area contributed by atoms with Gasteiger partial charge in [-0.1, -0.05) is 12.1 Å². The van der Waals surface area contributed by atoms with E-state index in [2.05, 4.69) is 0 Å². The van der Waals surface area contributed by atoms with Gasteiger partial charge in [-0.15, -0.1) is 0 Å². The van der Waals surface area contributed by atoms with Crippen LogP contribution in [0.25, 0.3) is 0 Å². The van der Waals surface area contributed by atoms with Crippen molar-refractivity contribution in [1.82, 2.24) is 4.90 Å². The summed E-state index contributed by atoms with van der Waals surface area (Å²) in [5.41, 5.74) is 2.91. The van der Waals surface area contributed by atoms with Gasteiger partial charge in [0.25, 0.3) is 5.91 Å². The van der Waals surface area contributed by atoms with E-state index in [9.17, 15) is 13.2 Å². The van der Waals surface area contributed by atoms with Gasteiger partial charge in [-0.05, 0) is 68.1 Å². The minimum Gasteiger partial charge on any atom is -0.493 e. The molecule has 174 valence electrons. The average Bonchev–Trinajstić information content (AvgIpc) is 3.09. The Balaban J connectivity index is 1.86. The van der Waals surface area contributed by atoms with E-state index >= 15 is 0 Å². The van der Waals surface area contributed by atoms with Crippen molar-refractivity contribution in [3.8, 4) is 17.2 Å². The van der Waals surface area contributed by atoms with Gasteiger partial charge in [-0.3, -0.25) is 4.79 Å². The minimum atomic E-state index is -3.17. The molecule has 2 aromatic carbocycles. The molecule has 7 nitrogen and oxygen atoms in total. The average molecular weight is 462 g/mol. The van der Waals surface area contributed by atoms with E-state index in [0.29, 0.717) is 23.7 Å². The highest BCUT2D eigenvalue weighted by Crippen LogP contribution is 2.29. The highest BCUT2D eigenvalue weighted by molar-refractivity contribution is 7.91. The molecular weight excluding hydrogens is 430 g/mol. The van der Waals surface area contributed by atoms with Crippen LogP contribution in [0.1, 0.15) is 30.0 Å². The second kappa shape index (κ2) is 9.81. The van der Waals surface area contributed by atoms with E-state index < -0.39 is 22.0 Å². The van der Waals surface area contributed by atoms with E-state index in [0.717, 1.165) is 16.7 Å². The van der Waals surface area contributed by atoms with Crippen LogP contribution in [0.4, 0.5) is 0 Å². The summed E-state index contributed by atoms with van der Waals surface area (Å²) >= 11 is 0. The van der Waals surface area contributed by atoms with E-state index in [-0.39, 0.29) is 24.0 Å². The molecular formula is C24H31NO6S. The topological polar surface area (TPSA) is 82.1 Å². The Kier molecular flexibility index (Phi) is 7.33. The van der Waals surface area contributed by atoms with Crippen LogP contribution >= 0.6 is 0 Å². The Morgan fingerprint density at radius 3 is 2.28 bits per heavy atom. The predicted octanol–water partition coefficient (Wildman–Crippen LogP) is 3.30. The number of ether oxygens (including phenoxy) is 3. The number of benzene rings is 2. The molecule has 2 unspecified atom stereocenters. The second-order valence-corrected chi connectivity index (χ2v) is 10.5. The van der Waals surface area contributed by atoms with Crippen LogP contribution in [0.15, 0.2) is 36.4 Å². The normalized spacial score (nSPS) is 18.1. The molecule has 0 saturated carbocycles. The molecule has 2 aromatic rings. The van der Waals surface area contributed by atoms with Crippen molar-refractivity contribution in [1.29, 1.82) is 0 Å². The van der Waals surface area contributed by atoms with E-state index in [4.69, 9.17) is 14.2 Å². The first kappa shape index (κ1) is 23.9. The van der Waals surface area contributed by atoms with Gasteiger partial charge in [0.1, 0.15) is 5.75 Å². The van der Waals surface area contributed by atoms with Gasteiger partial charge in [0.15, 0.2) is 27.4 Å². The summed E-state index contributed by atoms with van der Waals surface area (Å²) < 4.78 is 40.9. The van der Waals surface area contributed by atoms with E-state index in [1.54, 1.807) is 38.2 Å². The summed E-state index contributed by atoms with van der Waals surface area (Å²) in [5, 5.41) is 0. The quantitative estimate of drug-likeness (QED) is 0.600. The highest BCUT2D eigenvalue weighted by atomic mass is 32.2. The Hall–Kier alpha value is -2.74. The molecule has 2 atom stereocenters. The first-order valence-corrected chi connectivity index (χ1v) is 12.4. The Morgan fingerprint density at radius 1 is 1.06 bits per heavy atom. The van der Waals surface area contributed by atoms with Gasteiger partial charge in [-0.25, -0.2) is 8.42 Å². The number of nitrogens with zero attached hydrogens (tertiary/aromatic N) is 1. The SMILES string of the molecule is COc1ccc(CN(C(=O)C(C)Oc2cc(C)cc(C)c2)C2CCS(=O)(=O)C2)cc1OC. The molecule has 0 aromatic heterocycles. The molecule has 32 heavy (non-hydrogen) atoms. The third kappa shape index (κ3) is 5.73. The lowest BCUT2D eigenvalue weighted by Crippen LogP contribution is -2.46. The number of amides is 1. The number of hydrogen-bond donors (Lipinski definition) is 0. The molecule has 3 rings (SSSR count). The van der Waals surface area contributed by atoms with Gasteiger partial charge in [0.2, 0.25) is 0 Å². The van der Waals surface area contributed by atoms with Gasteiger partial charge < -0.3 is 19.1 Å². The molecule has 1 heterocycles. The number of hydrogen-bond acceptors (Lipinski definition) is 6. The molecule has 8 heteroatoms. The fourth-order valence-electron chi connectivity index (χ4n) is 4.07. The van der Waals surface area contributed by atoms with Crippen molar-refractivity contribution < 1.29 is 27.4 Å². The van der Waals surface area contributed by atoms with Crippen LogP contribution in [-0.2, 0) is 21.2 Å². The zero-order valence-electron chi connectivity index (χ0n) is 19.3. The summed E-state index contributed by atoms with van der Waals surface area (Å²) in [6.45, 7) is 5.89. The van der Waals surface area contributed by atoms with Crippen LogP contribution in [-0.4, -0.2) is 57.1 Å². The summed E-state index contributed by atoms with van der Waals surface area (Å²) in [6.07, 6.45) is -0.350. The number of aryl methyl sites for hydroxylation is 2. The molecule has 0 spiro atoms. The third-order valence-electron chi connectivity index (χ3n) is 5.59. The number of sulfone groups is 1. The summed E-state index contributed by atoms with van der Waals surface area (Å²) in [7, 11) is -0.0572. The molecule has 0 radical (unpaired) electrons. The number of carbonyl (C=O) groups is 1. The van der Waals surface area contributed by atoms with Crippen LogP contribution in [0.2, 0.25) is 0 Å². The summed E-state index contributed by atoms with van der Waals surface area (Å²) in [5.74, 6) is 1.55.